The summed E-state index contributed by atoms with van der Waals surface area (Å²) in [6.07, 6.45) is 1.52. The number of halogens is 1. The van der Waals surface area contributed by atoms with Crippen molar-refractivity contribution in [3.05, 3.63) is 21.3 Å². The predicted molar refractivity (Wildman–Crippen MR) is 55.9 cm³/mol. The number of aliphatic carboxylic acids is 1. The van der Waals surface area contributed by atoms with Gasteiger partial charge in [0.05, 0.1) is 5.02 Å². The molecule has 76 valence electrons. The highest BCUT2D eigenvalue weighted by Crippen LogP contribution is 2.35. The van der Waals surface area contributed by atoms with E-state index in [1.165, 1.54) is 0 Å². The van der Waals surface area contributed by atoms with Crippen LogP contribution in [0.15, 0.2) is 11.4 Å². The molecule has 2 rings (SSSR count). The van der Waals surface area contributed by atoms with E-state index in [-0.39, 0.29) is 6.04 Å². The fraction of sp³-hybridized carbons (Fsp3) is 0.444. The molecule has 0 radical (unpaired) electrons. The Morgan fingerprint density at radius 1 is 1.64 bits per heavy atom. The number of hydrogen-bond acceptors (Lipinski definition) is 3. The van der Waals surface area contributed by atoms with Crippen LogP contribution >= 0.6 is 22.9 Å². The molecule has 14 heavy (non-hydrogen) atoms. The normalized spacial score (nSPS) is 26.6. The SMILES string of the molecule is O=C(O)[C@@H]1CC[C@@H](c2sccc2Cl)N1. The molecule has 2 atom stereocenters. The second-order valence-corrected chi connectivity index (χ2v) is 4.68. The molecule has 0 saturated carbocycles. The van der Waals surface area contributed by atoms with Crippen LogP contribution in [0.2, 0.25) is 5.02 Å². The van der Waals surface area contributed by atoms with Crippen molar-refractivity contribution >= 4 is 28.9 Å². The van der Waals surface area contributed by atoms with Crippen molar-refractivity contribution in [1.29, 1.82) is 0 Å². The molecule has 0 aliphatic carbocycles. The Kier molecular flexibility index (Phi) is 2.76. The first-order valence-corrected chi connectivity index (χ1v) is 5.66. The van der Waals surface area contributed by atoms with E-state index in [0.717, 1.165) is 16.3 Å². The van der Waals surface area contributed by atoms with Gasteiger partial charge in [0.2, 0.25) is 0 Å². The summed E-state index contributed by atoms with van der Waals surface area (Å²) in [6, 6.07) is 1.54. The summed E-state index contributed by atoms with van der Waals surface area (Å²) in [4.78, 5) is 11.8. The minimum atomic E-state index is -0.778. The van der Waals surface area contributed by atoms with Crippen LogP contribution in [-0.2, 0) is 4.79 Å². The summed E-state index contributed by atoms with van der Waals surface area (Å²) in [5.74, 6) is -0.778. The van der Waals surface area contributed by atoms with E-state index in [0.29, 0.717) is 6.42 Å². The molecule has 2 N–H and O–H groups in total. The number of nitrogens with one attached hydrogen (secondary N) is 1. The van der Waals surface area contributed by atoms with Crippen molar-refractivity contribution in [3.63, 3.8) is 0 Å². The van der Waals surface area contributed by atoms with Crippen LogP contribution in [-0.4, -0.2) is 17.1 Å². The summed E-state index contributed by atoms with van der Waals surface area (Å²) in [6.45, 7) is 0. The summed E-state index contributed by atoms with van der Waals surface area (Å²) >= 11 is 7.54. The minimum Gasteiger partial charge on any atom is -0.480 e. The molecule has 0 bridgehead atoms. The third-order valence-corrected chi connectivity index (χ3v) is 3.88. The molecule has 1 aliphatic heterocycles. The Morgan fingerprint density at radius 3 is 2.93 bits per heavy atom. The van der Waals surface area contributed by atoms with Crippen LogP contribution in [0.1, 0.15) is 23.8 Å². The second-order valence-electron chi connectivity index (χ2n) is 3.32. The van der Waals surface area contributed by atoms with E-state index in [1.807, 2.05) is 11.4 Å². The number of carboxylic acid groups (broad SMARTS) is 1. The molecule has 0 unspecified atom stereocenters. The van der Waals surface area contributed by atoms with E-state index < -0.39 is 12.0 Å². The first-order chi connectivity index (χ1) is 6.68. The highest BCUT2D eigenvalue weighted by Gasteiger charge is 2.31. The molecule has 1 aliphatic rings. The Labute approximate surface area is 90.7 Å². The minimum absolute atomic E-state index is 0.114. The van der Waals surface area contributed by atoms with Gasteiger partial charge >= 0.3 is 5.97 Å². The molecule has 5 heteroatoms. The van der Waals surface area contributed by atoms with Crippen LogP contribution < -0.4 is 5.32 Å². The lowest BCUT2D eigenvalue weighted by Crippen LogP contribution is -2.31. The zero-order chi connectivity index (χ0) is 10.1. The Hall–Kier alpha value is -0.580. The molecule has 3 nitrogen and oxygen atoms in total. The molecule has 1 fully saturated rings. The van der Waals surface area contributed by atoms with E-state index in [1.54, 1.807) is 11.3 Å². The highest BCUT2D eigenvalue weighted by molar-refractivity contribution is 7.10. The van der Waals surface area contributed by atoms with Gasteiger partial charge < -0.3 is 5.11 Å². The number of hydrogen-bond donors (Lipinski definition) is 2. The predicted octanol–water partition coefficient (Wildman–Crippen LogP) is 2.28. The molecule has 0 spiro atoms. The summed E-state index contributed by atoms with van der Waals surface area (Å²) in [5, 5.41) is 14.5. The zero-order valence-corrected chi connectivity index (χ0v) is 8.94. The van der Waals surface area contributed by atoms with Gasteiger partial charge in [0.25, 0.3) is 0 Å². The van der Waals surface area contributed by atoms with Gasteiger partial charge in [0, 0.05) is 10.9 Å². The molecular weight excluding hydrogens is 222 g/mol. The summed E-state index contributed by atoms with van der Waals surface area (Å²) in [7, 11) is 0. The van der Waals surface area contributed by atoms with Crippen molar-refractivity contribution < 1.29 is 9.90 Å². The fourth-order valence-corrected chi connectivity index (χ4v) is 2.98. The van der Waals surface area contributed by atoms with Crippen molar-refractivity contribution in [2.24, 2.45) is 0 Å². The first-order valence-electron chi connectivity index (χ1n) is 4.40. The summed E-state index contributed by atoms with van der Waals surface area (Å²) in [5.41, 5.74) is 0. The topological polar surface area (TPSA) is 49.3 Å². The van der Waals surface area contributed by atoms with Gasteiger partial charge in [-0.15, -0.1) is 11.3 Å². The van der Waals surface area contributed by atoms with Crippen molar-refractivity contribution in [1.82, 2.24) is 5.32 Å². The fourth-order valence-electron chi connectivity index (χ4n) is 1.70. The van der Waals surface area contributed by atoms with Crippen molar-refractivity contribution in [3.8, 4) is 0 Å². The molecule has 1 saturated heterocycles. The van der Waals surface area contributed by atoms with Gasteiger partial charge in [-0.25, -0.2) is 0 Å². The molecular formula is C9H10ClNO2S. The second kappa shape index (κ2) is 3.88. The Bertz CT molecular complexity index is 352. The number of carboxylic acids is 1. The molecule has 0 aromatic carbocycles. The van der Waals surface area contributed by atoms with Gasteiger partial charge in [0.1, 0.15) is 6.04 Å². The van der Waals surface area contributed by atoms with Gasteiger partial charge in [-0.1, -0.05) is 11.6 Å². The Balaban J connectivity index is 2.10. The maximum atomic E-state index is 10.7. The van der Waals surface area contributed by atoms with E-state index >= 15 is 0 Å². The maximum Gasteiger partial charge on any atom is 0.320 e. The van der Waals surface area contributed by atoms with Crippen LogP contribution in [0, 0.1) is 0 Å². The average molecular weight is 232 g/mol. The quantitative estimate of drug-likeness (QED) is 0.821. The van der Waals surface area contributed by atoms with Crippen molar-refractivity contribution in [2.45, 2.75) is 24.9 Å². The average Bonchev–Trinajstić information content (AvgIpc) is 2.71. The third-order valence-electron chi connectivity index (χ3n) is 2.41. The lowest BCUT2D eigenvalue weighted by molar-refractivity contribution is -0.139. The van der Waals surface area contributed by atoms with Gasteiger partial charge in [-0.2, -0.15) is 0 Å². The lowest BCUT2D eigenvalue weighted by atomic mass is 10.2. The summed E-state index contributed by atoms with van der Waals surface area (Å²) < 4.78 is 0. The molecule has 2 heterocycles. The molecule has 1 aromatic rings. The Morgan fingerprint density at radius 2 is 2.43 bits per heavy atom. The molecule has 1 aromatic heterocycles. The van der Waals surface area contributed by atoms with Gasteiger partial charge in [-0.05, 0) is 24.3 Å². The highest BCUT2D eigenvalue weighted by atomic mass is 35.5. The monoisotopic (exact) mass is 231 g/mol. The van der Waals surface area contributed by atoms with Crippen LogP contribution in [0.5, 0.6) is 0 Å². The van der Waals surface area contributed by atoms with Crippen molar-refractivity contribution in [2.75, 3.05) is 0 Å². The van der Waals surface area contributed by atoms with Crippen LogP contribution in [0.25, 0.3) is 0 Å². The number of thiophene rings is 1. The molecule has 0 amide bonds. The lowest BCUT2D eigenvalue weighted by Gasteiger charge is -2.10. The van der Waals surface area contributed by atoms with Crippen LogP contribution in [0.4, 0.5) is 0 Å². The van der Waals surface area contributed by atoms with E-state index in [2.05, 4.69) is 5.32 Å². The largest absolute Gasteiger partial charge is 0.480 e. The standard InChI is InChI=1S/C9H10ClNO2S/c10-5-3-4-14-8(5)6-1-2-7(11-6)9(12)13/h3-4,6-7,11H,1-2H2,(H,12,13)/t6-,7-/m0/s1. The smallest absolute Gasteiger partial charge is 0.320 e. The zero-order valence-electron chi connectivity index (χ0n) is 7.37. The number of carbonyl (C=O) groups is 1. The van der Waals surface area contributed by atoms with E-state index in [9.17, 15) is 4.79 Å². The first kappa shape index (κ1) is 9.96. The third kappa shape index (κ3) is 1.78. The van der Waals surface area contributed by atoms with Crippen LogP contribution in [0.3, 0.4) is 0 Å². The van der Waals surface area contributed by atoms with Gasteiger partial charge in [-0.3, -0.25) is 10.1 Å². The van der Waals surface area contributed by atoms with E-state index in [4.69, 9.17) is 16.7 Å². The maximum absolute atomic E-state index is 10.7. The number of rotatable bonds is 2. The van der Waals surface area contributed by atoms with Gasteiger partial charge in [0.15, 0.2) is 0 Å².